The molecule has 17 nitrogen and oxygen atoms in total. The molecular formula is C67H81N11O6S2. The van der Waals surface area contributed by atoms with Crippen LogP contribution in [-0.2, 0) is 43.1 Å². The summed E-state index contributed by atoms with van der Waals surface area (Å²) < 4.78 is 60.5. The molecular weight excluding hydrogens is 1120 g/mol. The van der Waals surface area contributed by atoms with Crippen molar-refractivity contribution in [2.24, 2.45) is 11.8 Å². The van der Waals surface area contributed by atoms with Gasteiger partial charge in [-0.05, 0) is 166 Å². The largest absolute Gasteiger partial charge is 0.384 e. The normalized spacial score (nSPS) is 17.6. The van der Waals surface area contributed by atoms with Gasteiger partial charge in [0.15, 0.2) is 0 Å². The molecule has 0 radical (unpaired) electrons. The highest BCUT2D eigenvalue weighted by Crippen LogP contribution is 2.46. The molecule has 0 aliphatic carbocycles. The highest BCUT2D eigenvalue weighted by molar-refractivity contribution is 7.88. The lowest BCUT2D eigenvalue weighted by atomic mass is 9.85. The van der Waals surface area contributed by atoms with Crippen molar-refractivity contribution in [1.82, 2.24) is 46.1 Å². The molecule has 8 heterocycles. The number of amides is 2. The second kappa shape index (κ2) is 26.0. The van der Waals surface area contributed by atoms with Crippen molar-refractivity contribution in [3.63, 3.8) is 0 Å². The molecule has 4 fully saturated rings. The maximum atomic E-state index is 13.7. The smallest absolute Gasteiger partial charge is 0.308 e. The molecule has 12 rings (SSSR count). The Morgan fingerprint density at radius 3 is 1.24 bits per heavy atom. The minimum absolute atomic E-state index is 0.0438. The molecule has 86 heavy (non-hydrogen) atoms. The molecule has 4 aromatic carbocycles. The number of carbonyl (C=O) groups excluding carboxylic acids is 2. The van der Waals surface area contributed by atoms with E-state index in [0.29, 0.717) is 43.0 Å². The van der Waals surface area contributed by atoms with Gasteiger partial charge in [-0.1, -0.05) is 97.1 Å². The number of aromatic nitrogens is 4. The summed E-state index contributed by atoms with van der Waals surface area (Å²) >= 11 is 0. The maximum absolute atomic E-state index is 13.7. The third kappa shape index (κ3) is 12.6. The van der Waals surface area contributed by atoms with Gasteiger partial charge in [-0.3, -0.25) is 24.4 Å². The van der Waals surface area contributed by atoms with Crippen LogP contribution in [-0.4, -0.2) is 155 Å². The van der Waals surface area contributed by atoms with Crippen molar-refractivity contribution in [3.8, 4) is 22.5 Å². The summed E-state index contributed by atoms with van der Waals surface area (Å²) in [5, 5.41) is 1.92. The van der Waals surface area contributed by atoms with Crippen molar-refractivity contribution in [1.29, 1.82) is 0 Å². The number of nitrogens with zero attached hydrogens (tertiary/aromatic N) is 10. The first-order valence-electron chi connectivity index (χ1n) is 30.4. The van der Waals surface area contributed by atoms with E-state index in [2.05, 4.69) is 36.8 Å². The number of para-hydroxylation sites is 2. The second-order valence-corrected chi connectivity index (χ2v) is 28.1. The monoisotopic (exact) mass is 1200 g/mol. The second-order valence-electron chi connectivity index (χ2n) is 24.1. The number of nitrogens with two attached hydrogens (primary N) is 1. The Morgan fingerprint density at radius 2 is 0.860 bits per heavy atom. The molecule has 4 aromatic heterocycles. The van der Waals surface area contributed by atoms with E-state index in [4.69, 9.17) is 5.73 Å². The Bertz CT molecular complexity index is 3660. The lowest BCUT2D eigenvalue weighted by molar-refractivity contribution is -0.139. The molecule has 0 saturated carbocycles. The molecule has 4 aliphatic heterocycles. The van der Waals surface area contributed by atoms with Gasteiger partial charge in [0, 0.05) is 108 Å². The van der Waals surface area contributed by atoms with Crippen molar-refractivity contribution in [3.05, 3.63) is 174 Å². The van der Waals surface area contributed by atoms with E-state index in [9.17, 15) is 26.4 Å². The number of likely N-dealkylation sites (tertiary alicyclic amines) is 4. The standard InChI is InChI=1S/C34H41N5O3S.C33H40N6O3S/c1-25-23-26(13-18-35-25)24-37-19-14-29(15-20-37)34(40)38-21-16-27(17-22-38)32-30-11-7-8-12-31(30)39(43(41,42)36(2)3)33(32)28-9-5-4-6-10-28;1-36(2)43(41,42)39-29-11-7-6-10-28(29)31(32(39)26-8-4-3-5-9-26)25-15-20-38(21-16-25)33(40)27-13-18-37(19-14-27)23-24-12-17-35-30(34)22-24/h4-13,18,23,27,29H,14-17,19-22,24H2,1-3H3;3-12,17,22,25,27H,13-16,18-21,23H2,1-2H3,(H2,34,35). The van der Waals surface area contributed by atoms with E-state index in [1.54, 1.807) is 34.4 Å². The number of nitrogen functional groups attached to an aromatic ring is 1. The average molecular weight is 1200 g/mol. The first kappa shape index (κ1) is 60.4. The number of pyridine rings is 2. The van der Waals surface area contributed by atoms with Crippen LogP contribution < -0.4 is 5.73 Å². The van der Waals surface area contributed by atoms with Crippen LogP contribution in [0.5, 0.6) is 0 Å². The van der Waals surface area contributed by atoms with Gasteiger partial charge in [-0.25, -0.2) is 12.9 Å². The molecule has 4 saturated heterocycles. The van der Waals surface area contributed by atoms with Gasteiger partial charge >= 0.3 is 20.4 Å². The third-order valence-electron chi connectivity index (χ3n) is 18.1. The number of piperidine rings is 4. The van der Waals surface area contributed by atoms with Gasteiger partial charge in [0.05, 0.1) is 22.4 Å². The van der Waals surface area contributed by atoms with Crippen LogP contribution in [0, 0.1) is 18.8 Å². The van der Waals surface area contributed by atoms with Crippen LogP contribution in [0.2, 0.25) is 0 Å². The summed E-state index contributed by atoms with van der Waals surface area (Å²) in [6, 6.07) is 43.3. The van der Waals surface area contributed by atoms with Crippen LogP contribution in [0.15, 0.2) is 146 Å². The molecule has 452 valence electrons. The SMILES string of the molecule is CN(C)S(=O)(=O)n1c(-c2ccccc2)c(C2CCN(C(=O)C3CCN(Cc4ccnc(N)c4)CC3)CC2)c2ccccc21.Cc1cc(CN2CCC(C(=O)N3CCC(c4c(-c5ccccc5)n(S(=O)(=O)N(C)C)c5ccccc45)CC3)CC2)ccn1. The van der Waals surface area contributed by atoms with E-state index in [-0.39, 0.29) is 35.5 Å². The fraction of sp³-hybridized carbons (Fsp3) is 0.403. The van der Waals surface area contributed by atoms with Gasteiger partial charge in [0.25, 0.3) is 0 Å². The quantitative estimate of drug-likeness (QED) is 0.109. The molecule has 0 bridgehead atoms. The van der Waals surface area contributed by atoms with E-state index in [0.717, 1.165) is 146 Å². The Hall–Kier alpha value is -7.26. The predicted octanol–water partition coefficient (Wildman–Crippen LogP) is 9.84. The van der Waals surface area contributed by atoms with Crippen LogP contribution in [0.4, 0.5) is 5.82 Å². The van der Waals surface area contributed by atoms with Crippen molar-refractivity contribution >= 4 is 59.9 Å². The lowest BCUT2D eigenvalue weighted by Crippen LogP contribution is -2.45. The topological polar surface area (TPSA) is 184 Å². The Labute approximate surface area is 507 Å². The number of fused-ring (bicyclic) bond motifs is 2. The van der Waals surface area contributed by atoms with Crippen LogP contribution in [0.25, 0.3) is 44.3 Å². The Morgan fingerprint density at radius 1 is 0.488 bits per heavy atom. The summed E-state index contributed by atoms with van der Waals surface area (Å²) in [7, 11) is -1.28. The zero-order valence-electron chi connectivity index (χ0n) is 50.2. The Balaban J connectivity index is 0.000000179. The molecule has 0 unspecified atom stereocenters. The number of carbonyl (C=O) groups is 2. The number of aryl methyl sites for hydroxylation is 1. The highest BCUT2D eigenvalue weighted by atomic mass is 32.2. The summed E-state index contributed by atoms with van der Waals surface area (Å²) in [6.45, 7) is 10.1. The number of rotatable bonds is 14. The van der Waals surface area contributed by atoms with Crippen LogP contribution in [0.3, 0.4) is 0 Å². The molecule has 8 aromatic rings. The van der Waals surface area contributed by atoms with Crippen LogP contribution >= 0.6 is 0 Å². The zero-order chi connectivity index (χ0) is 60.3. The summed E-state index contributed by atoms with van der Waals surface area (Å²) in [5.41, 5.74) is 16.0. The predicted molar refractivity (Wildman–Crippen MR) is 341 cm³/mol. The van der Waals surface area contributed by atoms with Crippen molar-refractivity contribution in [2.75, 3.05) is 86.3 Å². The number of hydrogen-bond donors (Lipinski definition) is 1. The van der Waals surface area contributed by atoms with Gasteiger partial charge < -0.3 is 15.5 Å². The van der Waals surface area contributed by atoms with E-state index < -0.39 is 20.4 Å². The lowest BCUT2D eigenvalue weighted by Gasteiger charge is -2.37. The minimum Gasteiger partial charge on any atom is -0.384 e. The van der Waals surface area contributed by atoms with Crippen molar-refractivity contribution < 1.29 is 26.4 Å². The van der Waals surface area contributed by atoms with Crippen molar-refractivity contribution in [2.45, 2.75) is 83.2 Å². The van der Waals surface area contributed by atoms with E-state index in [1.807, 2.05) is 139 Å². The van der Waals surface area contributed by atoms with Crippen LogP contribution in [0.1, 0.15) is 91.2 Å². The average Bonchev–Trinajstić information content (AvgIpc) is 1.70. The molecule has 4 aliphatic rings. The summed E-state index contributed by atoms with van der Waals surface area (Å²) in [4.78, 5) is 44.5. The first-order valence-corrected chi connectivity index (χ1v) is 33.1. The Kier molecular flexibility index (Phi) is 18.3. The number of benzene rings is 4. The molecule has 0 spiro atoms. The minimum atomic E-state index is -3.79. The van der Waals surface area contributed by atoms with Gasteiger partial charge in [0.1, 0.15) is 5.82 Å². The fourth-order valence-corrected chi connectivity index (χ4v) is 16.0. The van der Waals surface area contributed by atoms with Gasteiger partial charge in [0.2, 0.25) is 11.8 Å². The van der Waals surface area contributed by atoms with E-state index in [1.165, 1.54) is 22.1 Å². The zero-order valence-corrected chi connectivity index (χ0v) is 51.8. The highest BCUT2D eigenvalue weighted by Gasteiger charge is 2.38. The van der Waals surface area contributed by atoms with E-state index >= 15 is 0 Å². The number of hydrogen-bond acceptors (Lipinski definition) is 11. The summed E-state index contributed by atoms with van der Waals surface area (Å²) in [6.07, 6.45) is 10.3. The molecule has 2 amide bonds. The molecule has 2 N–H and O–H groups in total. The van der Waals surface area contributed by atoms with Gasteiger partial charge in [-0.15, -0.1) is 0 Å². The fourth-order valence-electron chi connectivity index (χ4n) is 13.6. The first-order chi connectivity index (χ1) is 41.5. The summed E-state index contributed by atoms with van der Waals surface area (Å²) in [5.74, 6) is 1.46. The molecule has 0 atom stereocenters. The third-order valence-corrected chi connectivity index (χ3v) is 21.7. The number of anilines is 1. The molecule has 19 heteroatoms. The van der Waals surface area contributed by atoms with Gasteiger partial charge in [-0.2, -0.15) is 25.4 Å². The maximum Gasteiger partial charge on any atom is 0.308 e.